The van der Waals surface area contributed by atoms with E-state index in [1.54, 1.807) is 13.8 Å². The molecule has 3 saturated heterocycles. The molecular weight excluding hydrogens is 699 g/mol. The Labute approximate surface area is 311 Å². The summed E-state index contributed by atoms with van der Waals surface area (Å²) < 4.78 is 32.0. The van der Waals surface area contributed by atoms with Crippen LogP contribution < -0.4 is 34.9 Å². The zero-order valence-corrected chi connectivity index (χ0v) is 31.9. The summed E-state index contributed by atoms with van der Waals surface area (Å²) in [6.07, 6.45) is 1.06. The van der Waals surface area contributed by atoms with E-state index in [2.05, 4.69) is 21.6 Å². The summed E-state index contributed by atoms with van der Waals surface area (Å²) in [6.45, 7) is 13.6. The maximum Gasteiger partial charge on any atom is 1.00 e. The number of amides is 6. The molecule has 6 amide bonds. The van der Waals surface area contributed by atoms with Crippen molar-refractivity contribution in [3.8, 4) is 0 Å². The number of carbonyl (C=O) groups is 9. The van der Waals surface area contributed by atoms with Gasteiger partial charge in [-0.1, -0.05) is 34.3 Å². The van der Waals surface area contributed by atoms with E-state index in [9.17, 15) is 56.1 Å². The molecule has 3 rings (SSSR count). The fourth-order valence-electron chi connectivity index (χ4n) is 3.63. The number of nitrogens with zero attached hydrogens (tertiary/aromatic N) is 3. The van der Waals surface area contributed by atoms with Gasteiger partial charge in [0.2, 0.25) is 5.91 Å². The molecule has 1 unspecified atom stereocenters. The van der Waals surface area contributed by atoms with Crippen molar-refractivity contribution >= 4 is 63.5 Å². The van der Waals surface area contributed by atoms with Crippen LogP contribution in [0.2, 0.25) is 0 Å². The van der Waals surface area contributed by atoms with Crippen molar-refractivity contribution < 1.29 is 100 Å². The Morgan fingerprint density at radius 1 is 0.760 bits per heavy atom. The first-order valence-corrected chi connectivity index (χ1v) is 16.7. The predicted molar refractivity (Wildman–Crippen MR) is 161 cm³/mol. The molecule has 0 spiro atoms. The average molecular weight is 741 g/mol. The van der Waals surface area contributed by atoms with Gasteiger partial charge in [0.15, 0.2) is 0 Å². The molecule has 3 heterocycles. The molecule has 3 aliphatic rings. The summed E-state index contributed by atoms with van der Waals surface area (Å²) in [4.78, 5) is 115. The van der Waals surface area contributed by atoms with E-state index in [0.717, 1.165) is 5.06 Å². The molecule has 0 aromatic heterocycles. The van der Waals surface area contributed by atoms with Gasteiger partial charge in [-0.15, -0.1) is 15.2 Å². The third-order valence-corrected chi connectivity index (χ3v) is 7.36. The largest absolute Gasteiger partial charge is 1.00 e. The van der Waals surface area contributed by atoms with Crippen molar-refractivity contribution in [3.05, 3.63) is 12.3 Å². The van der Waals surface area contributed by atoms with E-state index >= 15 is 0 Å². The third-order valence-electron chi connectivity index (χ3n) is 6.29. The number of allylic oxidation sites excluding steroid dienone is 1. The monoisotopic (exact) mass is 740 g/mol. The van der Waals surface area contributed by atoms with Crippen molar-refractivity contribution in [1.29, 1.82) is 0 Å². The summed E-state index contributed by atoms with van der Waals surface area (Å²) in [5.74, 6) is -6.47. The quantitative estimate of drug-likeness (QED) is 0.128. The third kappa shape index (κ3) is 15.0. The molecule has 19 nitrogen and oxygen atoms in total. The van der Waals surface area contributed by atoms with Crippen molar-refractivity contribution in [2.75, 3.05) is 0 Å². The van der Waals surface area contributed by atoms with Gasteiger partial charge < -0.3 is 24.4 Å². The van der Waals surface area contributed by atoms with E-state index in [1.165, 1.54) is 13.8 Å². The van der Waals surface area contributed by atoms with Crippen molar-refractivity contribution in [3.63, 3.8) is 0 Å². The Kier molecular flexibility index (Phi) is 19.3. The minimum atomic E-state index is -4.93. The number of hydrogen-bond acceptors (Lipinski definition) is 15. The normalized spacial score (nSPS) is 17.3. The van der Waals surface area contributed by atoms with E-state index < -0.39 is 69.2 Å². The summed E-state index contributed by atoms with van der Waals surface area (Å²) >= 11 is 0. The Bertz CT molecular complexity index is 1430. The predicted octanol–water partition coefficient (Wildman–Crippen LogP) is -2.70. The number of rotatable bonds is 11. The van der Waals surface area contributed by atoms with Gasteiger partial charge in [0.1, 0.15) is 15.4 Å². The van der Waals surface area contributed by atoms with Gasteiger partial charge in [-0.25, -0.2) is 22.8 Å². The molecule has 3 aliphatic heterocycles. The van der Waals surface area contributed by atoms with Gasteiger partial charge in [-0.3, -0.25) is 28.8 Å². The molecule has 0 aliphatic carbocycles. The van der Waals surface area contributed by atoms with Crippen LogP contribution in [0.15, 0.2) is 12.3 Å². The molecular formula is C29H41N4NaO15S. The van der Waals surface area contributed by atoms with Crippen LogP contribution in [-0.4, -0.2) is 92.8 Å². The van der Waals surface area contributed by atoms with Crippen LogP contribution in [0.1, 0.15) is 92.9 Å². The van der Waals surface area contributed by atoms with Gasteiger partial charge in [-0.2, -0.15) is 0 Å². The summed E-state index contributed by atoms with van der Waals surface area (Å²) in [5.41, 5.74) is 0.496. The topological polar surface area (TPSA) is 260 Å². The van der Waals surface area contributed by atoms with Crippen molar-refractivity contribution in [2.24, 2.45) is 11.8 Å². The Hall–Kier alpha value is -3.72. The van der Waals surface area contributed by atoms with Crippen LogP contribution in [0, 0.1) is 11.8 Å². The maximum atomic E-state index is 11.5. The first kappa shape index (κ1) is 46.3. The molecule has 50 heavy (non-hydrogen) atoms. The second-order valence-electron chi connectivity index (χ2n) is 11.7. The number of imide groups is 2. The molecule has 0 aromatic rings. The molecule has 1 N–H and O–H groups in total. The smallest absolute Gasteiger partial charge is 0.747 e. The van der Waals surface area contributed by atoms with E-state index in [1.807, 2.05) is 13.8 Å². The maximum absolute atomic E-state index is 11.5. The molecule has 274 valence electrons. The van der Waals surface area contributed by atoms with E-state index in [0.29, 0.717) is 30.0 Å². The van der Waals surface area contributed by atoms with Crippen LogP contribution in [0.25, 0.3) is 0 Å². The van der Waals surface area contributed by atoms with Gasteiger partial charge >= 0.3 is 47.5 Å². The summed E-state index contributed by atoms with van der Waals surface area (Å²) in [7, 11) is -4.93. The Balaban J connectivity index is 0.000000725. The van der Waals surface area contributed by atoms with Crippen molar-refractivity contribution in [2.45, 2.75) is 104 Å². The van der Waals surface area contributed by atoms with Gasteiger partial charge in [0.25, 0.3) is 29.5 Å². The van der Waals surface area contributed by atoms with Gasteiger partial charge in [0.05, 0.1) is 24.0 Å². The van der Waals surface area contributed by atoms with Crippen LogP contribution in [-0.2, 0) is 67.8 Å². The van der Waals surface area contributed by atoms with Gasteiger partial charge in [-0.05, 0) is 26.7 Å². The zero-order chi connectivity index (χ0) is 37.8. The first-order valence-electron chi connectivity index (χ1n) is 15.2. The Morgan fingerprint density at radius 3 is 1.62 bits per heavy atom. The molecule has 3 fully saturated rings. The first-order chi connectivity index (χ1) is 22.6. The standard InChI is InChI=1S/C13H20N2O4.C8H11NO7S.C8H11NO4.Na/c1-9(2)14-11(16)5-4-6-13(18)19-15-10(3)7-8-12(15)17;1-4(2)8(12)16-9-6(10)3-5(7(9)11)17(13,14)15;1-5(2)8(12)13-9-6(10)3-4-7(9)11;/h9H,3-8H2,1-2H3,(H,14,16);4-5H,3H2,1-2H3,(H,13,14,15);5H,3-4H2,1-2H3;/q;;;+1/p-1. The number of carbonyl (C=O) groups excluding carboxylic acids is 9. The summed E-state index contributed by atoms with van der Waals surface area (Å²) in [5, 5.41) is 2.29. The fourth-order valence-corrected chi connectivity index (χ4v) is 4.32. The van der Waals surface area contributed by atoms with Gasteiger partial charge in [0, 0.05) is 38.1 Å². The Morgan fingerprint density at radius 2 is 1.22 bits per heavy atom. The molecule has 0 radical (unpaired) electrons. The molecule has 0 saturated carbocycles. The second kappa shape index (κ2) is 20.8. The van der Waals surface area contributed by atoms with Crippen LogP contribution >= 0.6 is 0 Å². The fraction of sp³-hybridized carbons (Fsp3) is 0.621. The minimum absolute atomic E-state index is 0. The summed E-state index contributed by atoms with van der Waals surface area (Å²) in [6, 6.07) is 0.0880. The van der Waals surface area contributed by atoms with Crippen LogP contribution in [0.3, 0.4) is 0 Å². The molecule has 0 bridgehead atoms. The minimum Gasteiger partial charge on any atom is -0.747 e. The molecule has 1 atom stereocenters. The van der Waals surface area contributed by atoms with E-state index in [4.69, 9.17) is 4.84 Å². The average Bonchev–Trinajstić information content (AvgIpc) is 3.58. The van der Waals surface area contributed by atoms with Crippen molar-refractivity contribution in [1.82, 2.24) is 20.5 Å². The van der Waals surface area contributed by atoms with E-state index in [-0.39, 0.29) is 84.1 Å². The molecule has 21 heteroatoms. The number of hydroxylamine groups is 6. The zero-order valence-electron chi connectivity index (χ0n) is 29.0. The number of nitrogens with one attached hydrogen (secondary N) is 1. The SMILES string of the molecule is C=C1CCC(=O)N1OC(=O)CCCC(=O)NC(C)C.CC(C)C(=O)ON1C(=O)CC(S(=O)(=O)[O-])C1=O.CC(C)C(=O)ON1C(=O)CCC1=O.[Na+]. The van der Waals surface area contributed by atoms with Crippen LogP contribution in [0.5, 0.6) is 0 Å². The van der Waals surface area contributed by atoms with Crippen LogP contribution in [0.4, 0.5) is 0 Å². The molecule has 0 aromatic carbocycles. The number of hydrogen-bond donors (Lipinski definition) is 1. The second-order valence-corrected chi connectivity index (χ2v) is 13.3.